The molecule has 0 aliphatic heterocycles. The van der Waals surface area contributed by atoms with Gasteiger partial charge in [-0.2, -0.15) is 5.10 Å². The summed E-state index contributed by atoms with van der Waals surface area (Å²) < 4.78 is 7.17. The first-order valence-electron chi connectivity index (χ1n) is 8.04. The van der Waals surface area contributed by atoms with E-state index in [1.165, 1.54) is 11.3 Å². The number of carboxylic acid groups (broad SMARTS) is 1. The normalized spacial score (nSPS) is 12.2. The minimum atomic E-state index is -1.13. The minimum absolute atomic E-state index is 0.110. The van der Waals surface area contributed by atoms with Gasteiger partial charge in [-0.3, -0.25) is 9.48 Å². The average molecular weight is 373 g/mol. The summed E-state index contributed by atoms with van der Waals surface area (Å²) in [6.07, 6.45) is 0. The summed E-state index contributed by atoms with van der Waals surface area (Å²) in [6.45, 7) is 2.05. The Labute approximate surface area is 154 Å². The number of hydrogen-bond acceptors (Lipinski definition) is 5. The third-order valence-corrected chi connectivity index (χ3v) is 5.12. The van der Waals surface area contributed by atoms with E-state index >= 15 is 0 Å². The Hall–Kier alpha value is -2.71. The Morgan fingerprint density at radius 3 is 2.73 bits per heavy atom. The Bertz CT molecular complexity index is 898. The monoisotopic (exact) mass is 373 g/mol. The Balaban J connectivity index is 1.63. The first-order valence-corrected chi connectivity index (χ1v) is 8.86. The molecule has 0 aliphatic carbocycles. The van der Waals surface area contributed by atoms with Crippen molar-refractivity contribution < 1.29 is 19.4 Å². The van der Waals surface area contributed by atoms with E-state index < -0.39 is 17.9 Å². The van der Waals surface area contributed by atoms with Crippen LogP contribution in [0.1, 0.15) is 20.9 Å². The number of fused-ring (bicyclic) bond motifs is 1. The molecule has 0 bridgehead atoms. The Kier molecular flexibility index (Phi) is 5.34. The zero-order chi connectivity index (χ0) is 18.7. The number of rotatable bonds is 7. The zero-order valence-electron chi connectivity index (χ0n) is 14.4. The number of amides is 1. The molecule has 0 spiro atoms. The highest BCUT2D eigenvalue weighted by atomic mass is 32.1. The van der Waals surface area contributed by atoms with Gasteiger partial charge in [-0.25, -0.2) is 4.79 Å². The molecule has 1 aromatic carbocycles. The van der Waals surface area contributed by atoms with E-state index in [0.717, 1.165) is 21.5 Å². The number of benzene rings is 1. The van der Waals surface area contributed by atoms with Gasteiger partial charge in [0.25, 0.3) is 5.91 Å². The van der Waals surface area contributed by atoms with Crippen LogP contribution in [0.3, 0.4) is 0 Å². The second-order valence-electron chi connectivity index (χ2n) is 5.90. The van der Waals surface area contributed by atoms with Crippen molar-refractivity contribution in [1.82, 2.24) is 15.1 Å². The number of carbonyl (C=O) groups is 2. The number of aromatic nitrogens is 2. The van der Waals surface area contributed by atoms with E-state index in [1.807, 2.05) is 44.3 Å². The molecule has 2 heterocycles. The number of hydrogen-bond donors (Lipinski definition) is 2. The van der Waals surface area contributed by atoms with Crippen LogP contribution in [0.4, 0.5) is 0 Å². The highest BCUT2D eigenvalue weighted by Crippen LogP contribution is 2.27. The number of nitrogens with one attached hydrogen (secondary N) is 1. The molecule has 0 saturated carbocycles. The molecule has 8 heteroatoms. The van der Waals surface area contributed by atoms with E-state index in [4.69, 9.17) is 4.74 Å². The maximum Gasteiger partial charge on any atom is 0.328 e. The molecule has 3 rings (SSSR count). The molecule has 7 nitrogen and oxygen atoms in total. The molecular formula is C18H19N3O4S. The van der Waals surface area contributed by atoms with Crippen molar-refractivity contribution in [3.8, 4) is 0 Å². The lowest BCUT2D eigenvalue weighted by Gasteiger charge is -2.14. The molecule has 136 valence electrons. The second kappa shape index (κ2) is 7.67. The maximum absolute atomic E-state index is 12.4. The maximum atomic E-state index is 12.4. The summed E-state index contributed by atoms with van der Waals surface area (Å²) in [7, 11) is 1.81. The molecule has 0 aliphatic rings. The van der Waals surface area contributed by atoms with Gasteiger partial charge in [-0.15, -0.1) is 11.3 Å². The molecule has 2 N–H and O–H groups in total. The van der Waals surface area contributed by atoms with Crippen LogP contribution >= 0.6 is 11.3 Å². The zero-order valence-corrected chi connectivity index (χ0v) is 15.2. The largest absolute Gasteiger partial charge is 0.480 e. The third kappa shape index (κ3) is 3.92. The molecular weight excluding hydrogens is 354 g/mol. The van der Waals surface area contributed by atoms with Gasteiger partial charge in [0, 0.05) is 12.4 Å². The molecule has 1 amide bonds. The van der Waals surface area contributed by atoms with Crippen LogP contribution in [0.5, 0.6) is 0 Å². The quantitative estimate of drug-likeness (QED) is 0.663. The molecule has 1 unspecified atom stereocenters. The van der Waals surface area contributed by atoms with Crippen LogP contribution < -0.4 is 5.32 Å². The van der Waals surface area contributed by atoms with Crippen molar-refractivity contribution in [2.24, 2.45) is 7.05 Å². The molecule has 0 fully saturated rings. The fourth-order valence-electron chi connectivity index (χ4n) is 2.59. The molecule has 26 heavy (non-hydrogen) atoms. The highest BCUT2D eigenvalue weighted by Gasteiger charge is 2.23. The van der Waals surface area contributed by atoms with Gasteiger partial charge in [-0.05, 0) is 18.6 Å². The number of aryl methyl sites for hydroxylation is 2. The summed E-state index contributed by atoms with van der Waals surface area (Å²) in [6, 6.07) is 10.1. The van der Waals surface area contributed by atoms with Crippen molar-refractivity contribution in [3.63, 3.8) is 0 Å². The van der Waals surface area contributed by atoms with Crippen LogP contribution in [-0.4, -0.2) is 39.4 Å². The van der Waals surface area contributed by atoms with Gasteiger partial charge < -0.3 is 15.2 Å². The van der Waals surface area contributed by atoms with Gasteiger partial charge in [0.05, 0.1) is 23.8 Å². The summed E-state index contributed by atoms with van der Waals surface area (Å²) >= 11 is 1.28. The lowest BCUT2D eigenvalue weighted by atomic mass is 10.2. The van der Waals surface area contributed by atoms with Crippen LogP contribution in [0.15, 0.2) is 36.4 Å². The topological polar surface area (TPSA) is 93.5 Å². The summed E-state index contributed by atoms with van der Waals surface area (Å²) in [5.74, 6) is -1.56. The fourth-order valence-corrected chi connectivity index (χ4v) is 3.62. The van der Waals surface area contributed by atoms with E-state index in [2.05, 4.69) is 10.4 Å². The summed E-state index contributed by atoms with van der Waals surface area (Å²) in [5.41, 5.74) is 1.77. The SMILES string of the molecule is Cc1nn(C)c2sc(C(=O)NC(COCc3ccccc3)C(=O)O)cc12. The van der Waals surface area contributed by atoms with Crippen molar-refractivity contribution in [1.29, 1.82) is 0 Å². The predicted molar refractivity (Wildman–Crippen MR) is 98.3 cm³/mol. The summed E-state index contributed by atoms with van der Waals surface area (Å²) in [4.78, 5) is 25.2. The van der Waals surface area contributed by atoms with E-state index in [9.17, 15) is 14.7 Å². The lowest BCUT2D eigenvalue weighted by molar-refractivity contribution is -0.141. The number of carbonyl (C=O) groups excluding carboxylic acids is 1. The molecule has 0 radical (unpaired) electrons. The van der Waals surface area contributed by atoms with Gasteiger partial charge in [0.2, 0.25) is 0 Å². The van der Waals surface area contributed by atoms with Crippen LogP contribution in [0.2, 0.25) is 0 Å². The molecule has 2 aromatic heterocycles. The molecule has 3 aromatic rings. The fraction of sp³-hybridized carbons (Fsp3) is 0.278. The number of carboxylic acids is 1. The smallest absolute Gasteiger partial charge is 0.328 e. The van der Waals surface area contributed by atoms with Crippen LogP contribution in [0.25, 0.3) is 10.2 Å². The number of ether oxygens (including phenoxy) is 1. The number of thiophene rings is 1. The van der Waals surface area contributed by atoms with Gasteiger partial charge in [0.15, 0.2) is 6.04 Å². The van der Waals surface area contributed by atoms with Gasteiger partial charge >= 0.3 is 5.97 Å². The Morgan fingerprint density at radius 2 is 2.08 bits per heavy atom. The van der Waals surface area contributed by atoms with E-state index in [-0.39, 0.29) is 13.2 Å². The van der Waals surface area contributed by atoms with Crippen LogP contribution in [0, 0.1) is 6.92 Å². The average Bonchev–Trinajstić information content (AvgIpc) is 3.17. The van der Waals surface area contributed by atoms with Gasteiger partial charge in [-0.1, -0.05) is 30.3 Å². The van der Waals surface area contributed by atoms with Crippen molar-refractivity contribution in [2.45, 2.75) is 19.6 Å². The standard InChI is InChI=1S/C18H19N3O4S/c1-11-13-8-15(26-17(13)21(2)20-11)16(22)19-14(18(23)24)10-25-9-12-6-4-3-5-7-12/h3-8,14H,9-10H2,1-2H3,(H,19,22)(H,23,24). The van der Waals surface area contributed by atoms with Crippen molar-refractivity contribution >= 4 is 33.4 Å². The predicted octanol–water partition coefficient (Wildman–Crippen LogP) is 2.34. The Morgan fingerprint density at radius 1 is 1.35 bits per heavy atom. The molecule has 0 saturated heterocycles. The van der Waals surface area contributed by atoms with Crippen molar-refractivity contribution in [2.75, 3.05) is 6.61 Å². The number of nitrogens with zero attached hydrogens (tertiary/aromatic N) is 2. The van der Waals surface area contributed by atoms with Gasteiger partial charge in [0.1, 0.15) is 4.83 Å². The first-order chi connectivity index (χ1) is 12.5. The lowest BCUT2D eigenvalue weighted by Crippen LogP contribution is -2.43. The van der Waals surface area contributed by atoms with Crippen molar-refractivity contribution in [3.05, 3.63) is 52.5 Å². The molecule has 1 atom stereocenters. The second-order valence-corrected chi connectivity index (χ2v) is 6.93. The summed E-state index contributed by atoms with van der Waals surface area (Å²) in [5, 5.41) is 17.1. The van der Waals surface area contributed by atoms with Crippen LogP contribution in [-0.2, 0) is 23.2 Å². The number of aliphatic carboxylic acids is 1. The minimum Gasteiger partial charge on any atom is -0.480 e. The third-order valence-electron chi connectivity index (χ3n) is 3.92. The highest BCUT2D eigenvalue weighted by molar-refractivity contribution is 7.20. The first kappa shape index (κ1) is 18.1. The van der Waals surface area contributed by atoms with E-state index in [0.29, 0.717) is 4.88 Å². The van der Waals surface area contributed by atoms with E-state index in [1.54, 1.807) is 10.7 Å².